The van der Waals surface area contributed by atoms with Gasteiger partial charge in [-0.3, -0.25) is 0 Å². The van der Waals surface area contributed by atoms with Crippen LogP contribution in [0.4, 0.5) is 13.2 Å². The number of fused-ring (bicyclic) bond motifs is 1. The summed E-state index contributed by atoms with van der Waals surface area (Å²) in [6.45, 7) is 1.68. The molecular formula is C24H20Cl2F3N3O2. The Bertz CT molecular complexity index is 1260. The van der Waals surface area contributed by atoms with Gasteiger partial charge >= 0.3 is 12.1 Å². The summed E-state index contributed by atoms with van der Waals surface area (Å²) in [6.07, 6.45) is -2.49. The number of carboxylic acids is 1. The van der Waals surface area contributed by atoms with Gasteiger partial charge in [0.15, 0.2) is 0 Å². The number of alkyl halides is 3. The average Bonchev–Trinajstić information content (AvgIpc) is 3.26. The van der Waals surface area contributed by atoms with Crippen LogP contribution in [0.3, 0.4) is 0 Å². The van der Waals surface area contributed by atoms with Crippen molar-refractivity contribution in [2.75, 3.05) is 6.54 Å². The Morgan fingerprint density at radius 1 is 1.00 bits per heavy atom. The number of aromatic nitrogens is 2. The molecule has 0 saturated carbocycles. The molecule has 0 unspecified atom stereocenters. The number of carbonyl (C=O) groups is 1. The van der Waals surface area contributed by atoms with Gasteiger partial charge in [-0.2, -0.15) is 13.2 Å². The molecule has 0 saturated heterocycles. The number of nitrogens with zero attached hydrogens (tertiary/aromatic N) is 1. The molecule has 0 radical (unpaired) electrons. The van der Waals surface area contributed by atoms with Crippen LogP contribution in [0.5, 0.6) is 0 Å². The molecule has 0 aliphatic rings. The SMILES string of the molecule is Clc1ccc(CCNCc2ccc(-c3ccc4[nH]cnc4c3)cc2)c(Cl)c1.O=C(O)C(F)(F)F. The zero-order valence-corrected chi connectivity index (χ0v) is 19.2. The third-order valence-electron chi connectivity index (χ3n) is 4.87. The molecule has 3 N–H and O–H groups in total. The molecule has 1 heterocycles. The molecule has 3 aromatic carbocycles. The molecule has 0 atom stereocenters. The number of halogens is 5. The fraction of sp³-hybridized carbons (Fsp3) is 0.167. The molecule has 0 bridgehead atoms. The molecule has 4 rings (SSSR count). The van der Waals surface area contributed by atoms with E-state index in [2.05, 4.69) is 57.7 Å². The molecule has 34 heavy (non-hydrogen) atoms. The molecule has 0 spiro atoms. The second kappa shape index (κ2) is 11.4. The van der Waals surface area contributed by atoms with Gasteiger partial charge in [-0.05, 0) is 59.5 Å². The lowest BCUT2D eigenvalue weighted by Crippen LogP contribution is -2.21. The highest BCUT2D eigenvalue weighted by Crippen LogP contribution is 2.24. The van der Waals surface area contributed by atoms with Gasteiger partial charge in [0.2, 0.25) is 0 Å². The van der Waals surface area contributed by atoms with Gasteiger partial charge in [0.25, 0.3) is 0 Å². The minimum atomic E-state index is -5.08. The van der Waals surface area contributed by atoms with E-state index in [0.717, 1.165) is 41.1 Å². The van der Waals surface area contributed by atoms with Crippen molar-refractivity contribution in [3.63, 3.8) is 0 Å². The zero-order valence-electron chi connectivity index (χ0n) is 17.7. The molecule has 5 nitrogen and oxygen atoms in total. The number of H-pyrrole nitrogens is 1. The summed E-state index contributed by atoms with van der Waals surface area (Å²) in [4.78, 5) is 16.3. The first kappa shape index (κ1) is 25.6. The van der Waals surface area contributed by atoms with Crippen molar-refractivity contribution < 1.29 is 23.1 Å². The Morgan fingerprint density at radius 2 is 1.68 bits per heavy atom. The lowest BCUT2D eigenvalue weighted by molar-refractivity contribution is -0.192. The number of hydrogen-bond donors (Lipinski definition) is 3. The molecule has 1 aromatic heterocycles. The Hall–Kier alpha value is -3.07. The quantitative estimate of drug-likeness (QED) is 0.259. The van der Waals surface area contributed by atoms with Crippen LogP contribution in [0, 0.1) is 0 Å². The van der Waals surface area contributed by atoms with Gasteiger partial charge in [-0.25, -0.2) is 9.78 Å². The molecule has 178 valence electrons. The van der Waals surface area contributed by atoms with Crippen LogP contribution in [0.25, 0.3) is 22.2 Å². The number of carboxylic acid groups (broad SMARTS) is 1. The van der Waals surface area contributed by atoms with Crippen molar-refractivity contribution in [2.45, 2.75) is 19.1 Å². The van der Waals surface area contributed by atoms with E-state index in [9.17, 15) is 13.2 Å². The Balaban J connectivity index is 0.000000406. The number of imidazole rings is 1. The van der Waals surface area contributed by atoms with E-state index in [1.54, 1.807) is 12.4 Å². The summed E-state index contributed by atoms with van der Waals surface area (Å²) in [6, 6.07) is 20.6. The smallest absolute Gasteiger partial charge is 0.475 e. The number of rotatable bonds is 6. The van der Waals surface area contributed by atoms with Gasteiger partial charge in [0.05, 0.1) is 17.4 Å². The third kappa shape index (κ3) is 7.21. The van der Waals surface area contributed by atoms with E-state index in [1.165, 1.54) is 16.7 Å². The number of aromatic amines is 1. The van der Waals surface area contributed by atoms with Crippen molar-refractivity contribution >= 4 is 40.2 Å². The van der Waals surface area contributed by atoms with Gasteiger partial charge in [-0.15, -0.1) is 0 Å². The van der Waals surface area contributed by atoms with Crippen LogP contribution in [-0.2, 0) is 17.8 Å². The molecule has 10 heteroatoms. The van der Waals surface area contributed by atoms with Gasteiger partial charge in [-0.1, -0.05) is 59.6 Å². The van der Waals surface area contributed by atoms with Gasteiger partial charge in [0, 0.05) is 16.6 Å². The van der Waals surface area contributed by atoms with Crippen LogP contribution in [0.1, 0.15) is 11.1 Å². The Kier molecular flexibility index (Phi) is 8.55. The minimum absolute atomic E-state index is 0.670. The highest BCUT2D eigenvalue weighted by Gasteiger charge is 2.38. The Morgan fingerprint density at radius 3 is 2.32 bits per heavy atom. The number of benzene rings is 3. The van der Waals surface area contributed by atoms with Crippen LogP contribution in [0.15, 0.2) is 67.0 Å². The summed E-state index contributed by atoms with van der Waals surface area (Å²) >= 11 is 12.1. The maximum absolute atomic E-state index is 10.6. The summed E-state index contributed by atoms with van der Waals surface area (Å²) in [7, 11) is 0. The summed E-state index contributed by atoms with van der Waals surface area (Å²) in [5.74, 6) is -2.76. The lowest BCUT2D eigenvalue weighted by Gasteiger charge is -2.08. The highest BCUT2D eigenvalue weighted by molar-refractivity contribution is 6.35. The second-order valence-corrected chi connectivity index (χ2v) is 8.14. The first-order valence-electron chi connectivity index (χ1n) is 10.1. The standard InChI is InChI=1S/C22H19Cl2N3.C2HF3O2/c23-19-7-5-17(20(24)12-19)9-10-25-13-15-1-3-16(4-2-15)18-6-8-21-22(11-18)27-14-26-21;3-2(4,5)1(6)7/h1-8,11-12,14,25H,9-10,13H2,(H,26,27);(H,6,7). The number of aliphatic carboxylic acids is 1. The normalized spacial score (nSPS) is 11.2. The van der Waals surface area contributed by atoms with Gasteiger partial charge in [0.1, 0.15) is 0 Å². The summed E-state index contributed by atoms with van der Waals surface area (Å²) < 4.78 is 31.7. The lowest BCUT2D eigenvalue weighted by atomic mass is 10.0. The van der Waals surface area contributed by atoms with E-state index < -0.39 is 12.1 Å². The largest absolute Gasteiger partial charge is 0.490 e. The predicted molar refractivity (Wildman–Crippen MR) is 127 cm³/mol. The first-order valence-corrected chi connectivity index (χ1v) is 10.9. The van der Waals surface area contributed by atoms with E-state index in [-0.39, 0.29) is 0 Å². The number of hydrogen-bond acceptors (Lipinski definition) is 3. The van der Waals surface area contributed by atoms with Crippen molar-refractivity contribution in [3.05, 3.63) is 88.2 Å². The van der Waals surface area contributed by atoms with E-state index in [1.807, 2.05) is 12.1 Å². The van der Waals surface area contributed by atoms with E-state index >= 15 is 0 Å². The third-order valence-corrected chi connectivity index (χ3v) is 5.45. The van der Waals surface area contributed by atoms with Crippen molar-refractivity contribution in [1.29, 1.82) is 0 Å². The molecule has 4 aromatic rings. The fourth-order valence-corrected chi connectivity index (χ4v) is 3.61. The van der Waals surface area contributed by atoms with Crippen LogP contribution < -0.4 is 5.32 Å². The van der Waals surface area contributed by atoms with Crippen LogP contribution in [-0.4, -0.2) is 33.8 Å². The zero-order chi connectivity index (χ0) is 24.7. The van der Waals surface area contributed by atoms with E-state index in [4.69, 9.17) is 33.1 Å². The number of nitrogens with one attached hydrogen (secondary N) is 2. The average molecular weight is 510 g/mol. The highest BCUT2D eigenvalue weighted by atomic mass is 35.5. The van der Waals surface area contributed by atoms with Crippen molar-refractivity contribution in [3.8, 4) is 11.1 Å². The van der Waals surface area contributed by atoms with Gasteiger partial charge < -0.3 is 15.4 Å². The van der Waals surface area contributed by atoms with E-state index in [0.29, 0.717) is 5.02 Å². The maximum Gasteiger partial charge on any atom is 0.490 e. The molecule has 0 amide bonds. The van der Waals surface area contributed by atoms with Crippen molar-refractivity contribution in [1.82, 2.24) is 15.3 Å². The summed E-state index contributed by atoms with van der Waals surface area (Å²) in [5, 5.41) is 12.0. The predicted octanol–water partition coefficient (Wildman–Crippen LogP) is 6.50. The van der Waals surface area contributed by atoms with Crippen molar-refractivity contribution in [2.24, 2.45) is 0 Å². The minimum Gasteiger partial charge on any atom is -0.475 e. The molecule has 0 fully saturated rings. The van der Waals surface area contributed by atoms with Crippen LogP contribution >= 0.6 is 23.2 Å². The topological polar surface area (TPSA) is 78.0 Å². The molecule has 0 aliphatic carbocycles. The monoisotopic (exact) mass is 509 g/mol. The maximum atomic E-state index is 10.6. The fourth-order valence-electron chi connectivity index (χ4n) is 3.11. The molecule has 0 aliphatic heterocycles. The first-order chi connectivity index (χ1) is 16.1. The van der Waals surface area contributed by atoms with Crippen LogP contribution in [0.2, 0.25) is 10.0 Å². The second-order valence-electron chi connectivity index (χ2n) is 7.30. The molecular weight excluding hydrogens is 490 g/mol. The Labute approximate surface area is 203 Å². The summed E-state index contributed by atoms with van der Waals surface area (Å²) in [5.41, 5.74) is 6.77.